The number of aryl methyl sites for hydroxylation is 3. The zero-order valence-corrected chi connectivity index (χ0v) is 16.7. The van der Waals surface area contributed by atoms with Crippen molar-refractivity contribution in [1.29, 1.82) is 0 Å². The molecule has 0 fully saturated rings. The van der Waals surface area contributed by atoms with Gasteiger partial charge in [0.1, 0.15) is 5.82 Å². The molecule has 0 bridgehead atoms. The molecule has 0 unspecified atom stereocenters. The van der Waals surface area contributed by atoms with Gasteiger partial charge in [-0.25, -0.2) is 4.98 Å². The number of benzene rings is 2. The van der Waals surface area contributed by atoms with Crippen LogP contribution < -0.4 is 5.32 Å². The number of rotatable bonds is 3. The molecule has 0 spiro atoms. The van der Waals surface area contributed by atoms with Crippen molar-refractivity contribution in [2.24, 2.45) is 0 Å². The van der Waals surface area contributed by atoms with Gasteiger partial charge in [0.2, 0.25) is 0 Å². The lowest BCUT2D eigenvalue weighted by Crippen LogP contribution is -2.02. The normalized spacial score (nSPS) is 11.1. The third-order valence-corrected chi connectivity index (χ3v) is 5.13. The minimum atomic E-state index is 0.704. The Labute approximate surface area is 167 Å². The number of nitrogens with zero attached hydrogens (tertiary/aromatic N) is 3. The standard InChI is InChI=1S/C21H18Cl2N4/c1-12-4-9-17(11-18(12)23)25-19-10-13(2)24-21-20(14(3)26-27(19)21)15-5-7-16(22)8-6-15/h4-11,25H,1-3H3. The summed E-state index contributed by atoms with van der Waals surface area (Å²) < 4.78 is 1.83. The van der Waals surface area contributed by atoms with Crippen LogP contribution in [0.2, 0.25) is 10.0 Å². The van der Waals surface area contributed by atoms with E-state index in [1.165, 1.54) is 0 Å². The Balaban J connectivity index is 1.86. The van der Waals surface area contributed by atoms with E-state index >= 15 is 0 Å². The molecule has 2 aromatic carbocycles. The maximum absolute atomic E-state index is 6.27. The molecule has 0 atom stereocenters. The molecular formula is C21H18Cl2N4. The first kappa shape index (κ1) is 17.8. The van der Waals surface area contributed by atoms with Gasteiger partial charge in [0.05, 0.1) is 5.69 Å². The molecule has 6 heteroatoms. The lowest BCUT2D eigenvalue weighted by molar-refractivity contribution is 0.917. The van der Waals surface area contributed by atoms with Gasteiger partial charge in [0, 0.05) is 33.1 Å². The first-order chi connectivity index (χ1) is 12.9. The molecule has 0 aliphatic carbocycles. The van der Waals surface area contributed by atoms with Gasteiger partial charge in [-0.15, -0.1) is 0 Å². The molecule has 0 amide bonds. The predicted octanol–water partition coefficient (Wildman–Crippen LogP) is 6.37. The summed E-state index contributed by atoms with van der Waals surface area (Å²) >= 11 is 12.3. The first-order valence-corrected chi connectivity index (χ1v) is 9.34. The number of hydrogen-bond acceptors (Lipinski definition) is 3. The highest BCUT2D eigenvalue weighted by molar-refractivity contribution is 6.31. The highest BCUT2D eigenvalue weighted by Crippen LogP contribution is 2.31. The van der Waals surface area contributed by atoms with Crippen molar-refractivity contribution in [2.45, 2.75) is 20.8 Å². The second-order valence-corrected chi connectivity index (χ2v) is 7.42. The van der Waals surface area contributed by atoms with Crippen molar-refractivity contribution >= 4 is 40.4 Å². The van der Waals surface area contributed by atoms with E-state index in [1.807, 2.05) is 73.8 Å². The van der Waals surface area contributed by atoms with Crippen LogP contribution in [-0.4, -0.2) is 14.6 Å². The largest absolute Gasteiger partial charge is 0.340 e. The summed E-state index contributed by atoms with van der Waals surface area (Å²) in [6.45, 7) is 5.94. The van der Waals surface area contributed by atoms with Crippen molar-refractivity contribution < 1.29 is 0 Å². The summed E-state index contributed by atoms with van der Waals surface area (Å²) in [4.78, 5) is 4.73. The van der Waals surface area contributed by atoms with E-state index in [2.05, 4.69) is 5.32 Å². The average Bonchev–Trinajstić information content (AvgIpc) is 2.95. The van der Waals surface area contributed by atoms with Gasteiger partial charge in [0.15, 0.2) is 5.65 Å². The van der Waals surface area contributed by atoms with Crippen molar-refractivity contribution in [3.63, 3.8) is 0 Å². The van der Waals surface area contributed by atoms with E-state index in [4.69, 9.17) is 33.3 Å². The van der Waals surface area contributed by atoms with Crippen molar-refractivity contribution in [1.82, 2.24) is 14.6 Å². The van der Waals surface area contributed by atoms with Gasteiger partial charge in [0.25, 0.3) is 0 Å². The lowest BCUT2D eigenvalue weighted by atomic mass is 10.1. The highest BCUT2D eigenvalue weighted by atomic mass is 35.5. The molecule has 4 rings (SSSR count). The van der Waals surface area contributed by atoms with Crippen LogP contribution >= 0.6 is 23.2 Å². The zero-order chi connectivity index (χ0) is 19.1. The number of fused-ring (bicyclic) bond motifs is 1. The van der Waals surface area contributed by atoms with Gasteiger partial charge in [-0.3, -0.25) is 0 Å². The Morgan fingerprint density at radius 2 is 1.67 bits per heavy atom. The summed E-state index contributed by atoms with van der Waals surface area (Å²) in [7, 11) is 0. The maximum atomic E-state index is 6.27. The van der Waals surface area contributed by atoms with E-state index in [-0.39, 0.29) is 0 Å². The fraction of sp³-hybridized carbons (Fsp3) is 0.143. The molecule has 27 heavy (non-hydrogen) atoms. The van der Waals surface area contributed by atoms with Crippen LogP contribution in [0, 0.1) is 20.8 Å². The van der Waals surface area contributed by atoms with Crippen LogP contribution in [0.25, 0.3) is 16.8 Å². The van der Waals surface area contributed by atoms with E-state index in [0.717, 1.165) is 50.3 Å². The van der Waals surface area contributed by atoms with E-state index in [1.54, 1.807) is 0 Å². The number of nitrogens with one attached hydrogen (secondary N) is 1. The zero-order valence-electron chi connectivity index (χ0n) is 15.2. The minimum absolute atomic E-state index is 0.704. The average molecular weight is 397 g/mol. The molecule has 0 saturated heterocycles. The van der Waals surface area contributed by atoms with Crippen molar-refractivity contribution in [2.75, 3.05) is 5.32 Å². The summed E-state index contributed by atoms with van der Waals surface area (Å²) in [5, 5.41) is 9.55. The Kier molecular flexibility index (Phi) is 4.54. The third kappa shape index (κ3) is 3.38. The van der Waals surface area contributed by atoms with Crippen molar-refractivity contribution in [3.8, 4) is 11.1 Å². The molecular weight excluding hydrogens is 379 g/mol. The molecule has 4 aromatic rings. The maximum Gasteiger partial charge on any atom is 0.165 e. The molecule has 0 saturated carbocycles. The van der Waals surface area contributed by atoms with Gasteiger partial charge in [-0.05, 0) is 56.2 Å². The molecule has 2 aromatic heterocycles. The molecule has 2 heterocycles. The van der Waals surface area contributed by atoms with E-state index in [0.29, 0.717) is 5.02 Å². The summed E-state index contributed by atoms with van der Waals surface area (Å²) in [5.41, 5.74) is 6.58. The van der Waals surface area contributed by atoms with Gasteiger partial charge in [-0.1, -0.05) is 41.4 Å². The Hall–Kier alpha value is -2.56. The number of aromatic nitrogens is 3. The molecule has 4 nitrogen and oxygen atoms in total. The highest BCUT2D eigenvalue weighted by Gasteiger charge is 2.16. The number of anilines is 2. The number of halogens is 2. The van der Waals surface area contributed by atoms with Crippen LogP contribution in [0.3, 0.4) is 0 Å². The summed E-state index contributed by atoms with van der Waals surface area (Å²) in [5.74, 6) is 0.834. The monoisotopic (exact) mass is 396 g/mol. The van der Waals surface area contributed by atoms with Crippen LogP contribution in [0.4, 0.5) is 11.5 Å². The van der Waals surface area contributed by atoms with Gasteiger partial charge >= 0.3 is 0 Å². The third-order valence-electron chi connectivity index (χ3n) is 4.47. The Bertz CT molecular complexity index is 1150. The smallest absolute Gasteiger partial charge is 0.165 e. The fourth-order valence-corrected chi connectivity index (χ4v) is 3.41. The van der Waals surface area contributed by atoms with Crippen LogP contribution in [0.15, 0.2) is 48.5 Å². The summed E-state index contributed by atoms with van der Waals surface area (Å²) in [6.07, 6.45) is 0. The van der Waals surface area contributed by atoms with Gasteiger partial charge in [-0.2, -0.15) is 9.61 Å². The first-order valence-electron chi connectivity index (χ1n) is 8.58. The molecule has 0 aliphatic heterocycles. The van der Waals surface area contributed by atoms with Crippen LogP contribution in [-0.2, 0) is 0 Å². The Morgan fingerprint density at radius 1 is 0.926 bits per heavy atom. The molecule has 1 N–H and O–H groups in total. The molecule has 0 radical (unpaired) electrons. The number of hydrogen-bond donors (Lipinski definition) is 1. The quantitative estimate of drug-likeness (QED) is 0.437. The lowest BCUT2D eigenvalue weighted by Gasteiger charge is -2.11. The second kappa shape index (κ2) is 6.87. The predicted molar refractivity (Wildman–Crippen MR) is 112 cm³/mol. The van der Waals surface area contributed by atoms with Crippen LogP contribution in [0.5, 0.6) is 0 Å². The fourth-order valence-electron chi connectivity index (χ4n) is 3.11. The van der Waals surface area contributed by atoms with E-state index < -0.39 is 0 Å². The summed E-state index contributed by atoms with van der Waals surface area (Å²) in [6, 6.07) is 15.6. The topological polar surface area (TPSA) is 42.2 Å². The minimum Gasteiger partial charge on any atom is -0.340 e. The molecule has 136 valence electrons. The van der Waals surface area contributed by atoms with Crippen molar-refractivity contribution in [3.05, 3.63) is 75.5 Å². The van der Waals surface area contributed by atoms with E-state index in [9.17, 15) is 0 Å². The molecule has 0 aliphatic rings. The van der Waals surface area contributed by atoms with Crippen LogP contribution in [0.1, 0.15) is 17.0 Å². The van der Waals surface area contributed by atoms with Gasteiger partial charge < -0.3 is 5.32 Å². The Morgan fingerprint density at radius 3 is 2.37 bits per heavy atom. The SMILES string of the molecule is Cc1cc(Nc2ccc(C)c(Cl)c2)n2nc(C)c(-c3ccc(Cl)cc3)c2n1. The second-order valence-electron chi connectivity index (χ2n) is 6.57.